The maximum absolute atomic E-state index is 12.3. The van der Waals surface area contributed by atoms with Gasteiger partial charge in [-0.2, -0.15) is 0 Å². The van der Waals surface area contributed by atoms with E-state index in [1.165, 1.54) is 18.2 Å². The number of hydrogen-bond acceptors (Lipinski definition) is 6. The lowest BCUT2D eigenvalue weighted by atomic mass is 10.2. The molecule has 0 radical (unpaired) electrons. The Morgan fingerprint density at radius 2 is 1.48 bits per heavy atom. The van der Waals surface area contributed by atoms with Crippen LogP contribution in [0, 0.1) is 0 Å². The number of para-hydroxylation sites is 2. The average molecular weight is 336 g/mol. The Morgan fingerprint density at radius 1 is 0.760 bits per heavy atom. The van der Waals surface area contributed by atoms with Crippen LogP contribution in [-0.2, 0) is 0 Å². The Balaban J connectivity index is 1.81. The number of benzene rings is 2. The molecule has 0 saturated heterocycles. The van der Waals surface area contributed by atoms with Crippen LogP contribution in [0.3, 0.4) is 0 Å². The van der Waals surface area contributed by atoms with Crippen LogP contribution in [0.2, 0.25) is 0 Å². The third kappa shape index (κ3) is 4.00. The van der Waals surface area contributed by atoms with Crippen molar-refractivity contribution in [2.45, 2.75) is 0 Å². The molecule has 0 amide bonds. The summed E-state index contributed by atoms with van der Waals surface area (Å²) in [4.78, 5) is 35.4. The van der Waals surface area contributed by atoms with Crippen LogP contribution in [-0.4, -0.2) is 11.9 Å². The summed E-state index contributed by atoms with van der Waals surface area (Å²) in [5.74, 6) is -1.00. The van der Waals surface area contributed by atoms with Crippen molar-refractivity contribution >= 4 is 11.9 Å². The molecule has 6 heteroatoms. The van der Waals surface area contributed by atoms with Gasteiger partial charge >= 0.3 is 17.6 Å². The van der Waals surface area contributed by atoms with Gasteiger partial charge in [-0.3, -0.25) is 0 Å². The molecule has 0 aliphatic heterocycles. The van der Waals surface area contributed by atoms with Crippen LogP contribution in [0.25, 0.3) is 0 Å². The molecule has 6 nitrogen and oxygen atoms in total. The molecular weight excluding hydrogens is 324 g/mol. The van der Waals surface area contributed by atoms with Gasteiger partial charge in [0.15, 0.2) is 0 Å². The van der Waals surface area contributed by atoms with E-state index in [1.807, 2.05) is 0 Å². The van der Waals surface area contributed by atoms with Gasteiger partial charge in [0.05, 0.1) is 5.56 Å². The fraction of sp³-hybridized carbons (Fsp3) is 0. The zero-order chi connectivity index (χ0) is 17.6. The Labute approximate surface area is 142 Å². The van der Waals surface area contributed by atoms with Crippen molar-refractivity contribution < 1.29 is 23.5 Å². The summed E-state index contributed by atoms with van der Waals surface area (Å²) in [6.07, 6.45) is 0.996. The minimum Gasteiger partial charge on any atom is -0.430 e. The van der Waals surface area contributed by atoms with E-state index in [1.54, 1.807) is 42.5 Å². The van der Waals surface area contributed by atoms with Gasteiger partial charge in [0.25, 0.3) is 0 Å². The third-order valence-electron chi connectivity index (χ3n) is 3.20. The van der Waals surface area contributed by atoms with E-state index in [-0.39, 0.29) is 16.9 Å². The Kier molecular flexibility index (Phi) is 4.71. The molecule has 0 aliphatic rings. The first kappa shape index (κ1) is 16.2. The van der Waals surface area contributed by atoms with Gasteiger partial charge in [0, 0.05) is 6.07 Å². The van der Waals surface area contributed by atoms with Gasteiger partial charge in [-0.05, 0) is 30.3 Å². The quantitative estimate of drug-likeness (QED) is 0.538. The molecule has 0 N–H and O–H groups in total. The standard InChI is InChI=1S/C19H12O6/c20-17-11-10-13(12-23-17)18(21)25-16-9-5-4-8-15(16)19(22)24-14-6-2-1-3-7-14/h1-12H. The molecule has 2 aromatic carbocycles. The molecule has 1 heterocycles. The van der Waals surface area contributed by atoms with E-state index < -0.39 is 17.6 Å². The molecule has 3 aromatic rings. The lowest BCUT2D eigenvalue weighted by Gasteiger charge is -2.09. The van der Waals surface area contributed by atoms with Crippen molar-refractivity contribution in [1.29, 1.82) is 0 Å². The van der Waals surface area contributed by atoms with Crippen molar-refractivity contribution in [2.24, 2.45) is 0 Å². The highest BCUT2D eigenvalue weighted by molar-refractivity contribution is 5.96. The van der Waals surface area contributed by atoms with Gasteiger partial charge in [-0.25, -0.2) is 14.4 Å². The SMILES string of the molecule is O=C(Oc1ccccc1C(=O)Oc1ccccc1)c1ccc(=O)oc1. The Hall–Kier alpha value is -3.67. The van der Waals surface area contributed by atoms with Crippen LogP contribution in [0.1, 0.15) is 20.7 Å². The van der Waals surface area contributed by atoms with Crippen molar-refractivity contribution in [1.82, 2.24) is 0 Å². The molecule has 0 spiro atoms. The number of esters is 2. The normalized spacial score (nSPS) is 10.1. The van der Waals surface area contributed by atoms with E-state index in [0.29, 0.717) is 5.75 Å². The lowest BCUT2D eigenvalue weighted by Crippen LogP contribution is -2.15. The maximum atomic E-state index is 12.3. The van der Waals surface area contributed by atoms with Crippen LogP contribution in [0.5, 0.6) is 11.5 Å². The third-order valence-corrected chi connectivity index (χ3v) is 3.20. The van der Waals surface area contributed by atoms with Crippen molar-refractivity contribution in [3.05, 3.63) is 94.5 Å². The summed E-state index contributed by atoms with van der Waals surface area (Å²) in [5.41, 5.74) is -0.439. The number of carbonyl (C=O) groups excluding carboxylic acids is 2. The summed E-state index contributed by atoms with van der Waals surface area (Å²) in [5, 5.41) is 0. The molecule has 0 bridgehead atoms. The first-order valence-corrected chi connectivity index (χ1v) is 7.31. The van der Waals surface area contributed by atoms with Crippen LogP contribution >= 0.6 is 0 Å². The molecule has 0 aliphatic carbocycles. The number of rotatable bonds is 4. The molecule has 0 saturated carbocycles. The lowest BCUT2D eigenvalue weighted by molar-refractivity contribution is 0.0705. The Morgan fingerprint density at radius 3 is 2.20 bits per heavy atom. The second-order valence-corrected chi connectivity index (χ2v) is 4.93. The van der Waals surface area contributed by atoms with Gasteiger partial charge in [-0.1, -0.05) is 30.3 Å². The predicted octanol–water partition coefficient (Wildman–Crippen LogP) is 3.08. The average Bonchev–Trinajstić information content (AvgIpc) is 2.63. The number of hydrogen-bond donors (Lipinski definition) is 0. The molecule has 124 valence electrons. The second-order valence-electron chi connectivity index (χ2n) is 4.93. The van der Waals surface area contributed by atoms with Crippen LogP contribution < -0.4 is 15.1 Å². The zero-order valence-electron chi connectivity index (χ0n) is 12.9. The summed E-state index contributed by atoms with van der Waals surface area (Å²) in [6, 6.07) is 17.1. The fourth-order valence-corrected chi connectivity index (χ4v) is 2.01. The van der Waals surface area contributed by atoms with Gasteiger partial charge in [-0.15, -0.1) is 0 Å². The molecule has 1 aromatic heterocycles. The van der Waals surface area contributed by atoms with E-state index >= 15 is 0 Å². The summed E-state index contributed by atoms with van der Waals surface area (Å²) in [7, 11) is 0. The van der Waals surface area contributed by atoms with E-state index in [9.17, 15) is 14.4 Å². The van der Waals surface area contributed by atoms with Gasteiger partial charge in [0.2, 0.25) is 0 Å². The molecule has 0 atom stereocenters. The summed E-state index contributed by atoms with van der Waals surface area (Å²) >= 11 is 0. The van der Waals surface area contributed by atoms with Crippen LogP contribution in [0.4, 0.5) is 0 Å². The second kappa shape index (κ2) is 7.27. The maximum Gasteiger partial charge on any atom is 0.347 e. The highest BCUT2D eigenvalue weighted by Crippen LogP contribution is 2.21. The van der Waals surface area contributed by atoms with E-state index in [2.05, 4.69) is 4.42 Å². The Bertz CT molecular complexity index is 938. The largest absolute Gasteiger partial charge is 0.430 e. The van der Waals surface area contributed by atoms with Crippen molar-refractivity contribution in [2.75, 3.05) is 0 Å². The van der Waals surface area contributed by atoms with E-state index in [0.717, 1.165) is 12.3 Å². The molecule has 0 unspecified atom stereocenters. The highest BCUT2D eigenvalue weighted by atomic mass is 16.6. The molecule has 3 rings (SSSR count). The topological polar surface area (TPSA) is 82.8 Å². The van der Waals surface area contributed by atoms with Crippen LogP contribution in [0.15, 0.2) is 82.2 Å². The number of carbonyl (C=O) groups is 2. The number of ether oxygens (including phenoxy) is 2. The zero-order valence-corrected chi connectivity index (χ0v) is 12.9. The van der Waals surface area contributed by atoms with E-state index in [4.69, 9.17) is 9.47 Å². The minimum absolute atomic E-state index is 0.0413. The fourth-order valence-electron chi connectivity index (χ4n) is 2.01. The predicted molar refractivity (Wildman–Crippen MR) is 87.8 cm³/mol. The molecule has 25 heavy (non-hydrogen) atoms. The minimum atomic E-state index is -0.760. The first-order chi connectivity index (χ1) is 12.1. The smallest absolute Gasteiger partial charge is 0.347 e. The molecule has 0 fully saturated rings. The van der Waals surface area contributed by atoms with Gasteiger partial charge < -0.3 is 13.9 Å². The summed E-state index contributed by atoms with van der Waals surface area (Å²) in [6.45, 7) is 0. The highest BCUT2D eigenvalue weighted by Gasteiger charge is 2.18. The first-order valence-electron chi connectivity index (χ1n) is 7.31. The van der Waals surface area contributed by atoms with Crippen molar-refractivity contribution in [3.8, 4) is 11.5 Å². The molecular formula is C19H12O6. The van der Waals surface area contributed by atoms with Crippen molar-refractivity contribution in [3.63, 3.8) is 0 Å². The van der Waals surface area contributed by atoms with Gasteiger partial charge in [0.1, 0.15) is 23.3 Å². The summed E-state index contributed by atoms with van der Waals surface area (Å²) < 4.78 is 15.1. The monoisotopic (exact) mass is 336 g/mol.